The summed E-state index contributed by atoms with van der Waals surface area (Å²) in [6, 6.07) is 0. The number of carbonyl (C=O) groups excluding carboxylic acids is 1. The second-order valence-electron chi connectivity index (χ2n) is 4.74. The van der Waals surface area contributed by atoms with Gasteiger partial charge in [-0.25, -0.2) is 0 Å². The van der Waals surface area contributed by atoms with Gasteiger partial charge in [-0.3, -0.25) is 4.79 Å². The van der Waals surface area contributed by atoms with E-state index in [-0.39, 0.29) is 11.9 Å². The van der Waals surface area contributed by atoms with Crippen molar-refractivity contribution in [1.29, 1.82) is 0 Å². The minimum atomic E-state index is -0.0881. The molecule has 0 saturated carbocycles. The zero-order valence-electron chi connectivity index (χ0n) is 13.3. The molecule has 20 heavy (non-hydrogen) atoms. The Morgan fingerprint density at radius 1 is 1.05 bits per heavy atom. The summed E-state index contributed by atoms with van der Waals surface area (Å²) in [6.45, 7) is 7.56. The summed E-state index contributed by atoms with van der Waals surface area (Å²) in [7, 11) is 1.89. The Morgan fingerprint density at radius 3 is 2.30 bits per heavy atom. The van der Waals surface area contributed by atoms with Gasteiger partial charge in [0, 0.05) is 6.54 Å². The van der Waals surface area contributed by atoms with E-state index >= 15 is 0 Å². The highest BCUT2D eigenvalue weighted by Gasteiger charge is 2.16. The standard InChI is InChI=1S/C15H31NO4/c1-4-6-7-14(5-2)15(17)20-13-12-19-11-10-18-9-8-16-3/h14,16H,4-13H2,1-3H3. The lowest BCUT2D eigenvalue weighted by atomic mass is 10.00. The minimum Gasteiger partial charge on any atom is -0.463 e. The SMILES string of the molecule is CCCCC(CC)C(=O)OCCOCCOCCNC. The molecular weight excluding hydrogens is 258 g/mol. The molecule has 1 atom stereocenters. The van der Waals surface area contributed by atoms with Gasteiger partial charge in [0.05, 0.1) is 32.3 Å². The largest absolute Gasteiger partial charge is 0.463 e. The third-order valence-corrected chi connectivity index (χ3v) is 3.07. The van der Waals surface area contributed by atoms with Gasteiger partial charge in [0.25, 0.3) is 0 Å². The van der Waals surface area contributed by atoms with Gasteiger partial charge in [-0.1, -0.05) is 26.7 Å². The molecule has 0 saturated heterocycles. The van der Waals surface area contributed by atoms with Crippen molar-refractivity contribution in [2.24, 2.45) is 5.92 Å². The Kier molecular flexibility index (Phi) is 14.3. The van der Waals surface area contributed by atoms with Crippen molar-refractivity contribution in [2.45, 2.75) is 39.5 Å². The van der Waals surface area contributed by atoms with Crippen LogP contribution in [0.3, 0.4) is 0 Å². The van der Waals surface area contributed by atoms with E-state index in [2.05, 4.69) is 12.2 Å². The lowest BCUT2D eigenvalue weighted by Crippen LogP contribution is -2.20. The first kappa shape index (κ1) is 19.4. The molecule has 0 rings (SSSR count). The van der Waals surface area contributed by atoms with Crippen molar-refractivity contribution in [2.75, 3.05) is 46.6 Å². The molecule has 1 unspecified atom stereocenters. The zero-order chi connectivity index (χ0) is 15.1. The van der Waals surface area contributed by atoms with Gasteiger partial charge in [0.2, 0.25) is 0 Å². The van der Waals surface area contributed by atoms with Crippen LogP contribution in [0.15, 0.2) is 0 Å². The molecule has 0 aromatic carbocycles. The van der Waals surface area contributed by atoms with Crippen molar-refractivity contribution in [3.8, 4) is 0 Å². The first-order valence-electron chi connectivity index (χ1n) is 7.72. The lowest BCUT2D eigenvalue weighted by molar-refractivity contribution is -0.150. The number of hydrogen-bond acceptors (Lipinski definition) is 5. The van der Waals surface area contributed by atoms with E-state index in [0.717, 1.165) is 32.2 Å². The molecule has 0 amide bonds. The lowest BCUT2D eigenvalue weighted by Gasteiger charge is -2.13. The van der Waals surface area contributed by atoms with Crippen molar-refractivity contribution in [1.82, 2.24) is 5.32 Å². The number of unbranched alkanes of at least 4 members (excludes halogenated alkanes) is 1. The molecule has 5 nitrogen and oxygen atoms in total. The number of rotatable bonds is 14. The first-order chi connectivity index (χ1) is 9.76. The number of likely N-dealkylation sites (N-methyl/N-ethyl adjacent to an activating group) is 1. The molecule has 0 aromatic heterocycles. The van der Waals surface area contributed by atoms with Crippen LogP contribution in [0.4, 0.5) is 0 Å². The maximum atomic E-state index is 11.8. The summed E-state index contributed by atoms with van der Waals surface area (Å²) in [6.07, 6.45) is 3.96. The molecule has 0 aliphatic carbocycles. The van der Waals surface area contributed by atoms with Crippen molar-refractivity contribution >= 4 is 5.97 Å². The van der Waals surface area contributed by atoms with Gasteiger partial charge in [-0.15, -0.1) is 0 Å². The number of nitrogens with one attached hydrogen (secondary N) is 1. The third-order valence-electron chi connectivity index (χ3n) is 3.07. The van der Waals surface area contributed by atoms with Gasteiger partial charge in [0.15, 0.2) is 0 Å². The van der Waals surface area contributed by atoms with Crippen LogP contribution in [0.2, 0.25) is 0 Å². The summed E-state index contributed by atoms with van der Waals surface area (Å²) in [5.74, 6) is -0.0466. The molecule has 0 aromatic rings. The van der Waals surface area contributed by atoms with Gasteiger partial charge < -0.3 is 19.5 Å². The highest BCUT2D eigenvalue weighted by atomic mass is 16.6. The van der Waals surface area contributed by atoms with Crippen molar-refractivity contribution in [3.63, 3.8) is 0 Å². The number of ether oxygens (including phenoxy) is 3. The summed E-state index contributed by atoms with van der Waals surface area (Å²) in [5, 5.41) is 3.00. The highest BCUT2D eigenvalue weighted by Crippen LogP contribution is 2.14. The molecule has 0 bridgehead atoms. The maximum absolute atomic E-state index is 11.8. The van der Waals surface area contributed by atoms with Crippen molar-refractivity contribution < 1.29 is 19.0 Å². The van der Waals surface area contributed by atoms with Crippen molar-refractivity contribution in [3.05, 3.63) is 0 Å². The monoisotopic (exact) mass is 289 g/mol. The topological polar surface area (TPSA) is 56.8 Å². The fraction of sp³-hybridized carbons (Fsp3) is 0.933. The summed E-state index contributed by atoms with van der Waals surface area (Å²) < 4.78 is 15.9. The van der Waals surface area contributed by atoms with E-state index in [1.165, 1.54) is 0 Å². The van der Waals surface area contributed by atoms with E-state index < -0.39 is 0 Å². The smallest absolute Gasteiger partial charge is 0.308 e. The average molecular weight is 289 g/mol. The maximum Gasteiger partial charge on any atom is 0.308 e. The molecule has 1 N–H and O–H groups in total. The van der Waals surface area contributed by atoms with Gasteiger partial charge >= 0.3 is 5.97 Å². The minimum absolute atomic E-state index is 0.0415. The van der Waals surface area contributed by atoms with Crippen LogP contribution in [-0.4, -0.2) is 52.6 Å². The number of carbonyl (C=O) groups is 1. The summed E-state index contributed by atoms with van der Waals surface area (Å²) in [5.41, 5.74) is 0. The number of hydrogen-bond donors (Lipinski definition) is 1. The van der Waals surface area contributed by atoms with Gasteiger partial charge in [0.1, 0.15) is 6.61 Å². The second-order valence-corrected chi connectivity index (χ2v) is 4.74. The molecule has 120 valence electrons. The molecule has 0 aliphatic heterocycles. The Morgan fingerprint density at radius 2 is 1.70 bits per heavy atom. The van der Waals surface area contributed by atoms with E-state index in [9.17, 15) is 4.79 Å². The summed E-state index contributed by atoms with van der Waals surface area (Å²) >= 11 is 0. The van der Waals surface area contributed by atoms with Crippen LogP contribution in [-0.2, 0) is 19.0 Å². The number of esters is 1. The van der Waals surface area contributed by atoms with E-state index in [4.69, 9.17) is 14.2 Å². The molecule has 0 aliphatic rings. The molecule has 0 radical (unpaired) electrons. The van der Waals surface area contributed by atoms with Gasteiger partial charge in [-0.2, -0.15) is 0 Å². The van der Waals surface area contributed by atoms with Crippen LogP contribution in [0, 0.1) is 5.92 Å². The Balaban J connectivity index is 3.41. The molecule has 5 heteroatoms. The Hall–Kier alpha value is -0.650. The van der Waals surface area contributed by atoms with Crippen LogP contribution in [0.1, 0.15) is 39.5 Å². The second kappa shape index (κ2) is 14.8. The molecular formula is C15H31NO4. The predicted octanol–water partition coefficient (Wildman–Crippen LogP) is 2.00. The third kappa shape index (κ3) is 11.2. The fourth-order valence-corrected chi connectivity index (χ4v) is 1.75. The summed E-state index contributed by atoms with van der Waals surface area (Å²) in [4.78, 5) is 11.8. The normalized spacial score (nSPS) is 12.3. The van der Waals surface area contributed by atoms with Crippen LogP contribution in [0.25, 0.3) is 0 Å². The van der Waals surface area contributed by atoms with Gasteiger partial charge in [-0.05, 0) is 19.9 Å². The van der Waals surface area contributed by atoms with Crippen LogP contribution < -0.4 is 5.32 Å². The average Bonchev–Trinajstić information content (AvgIpc) is 2.46. The van der Waals surface area contributed by atoms with Crippen LogP contribution in [0.5, 0.6) is 0 Å². The molecule has 0 heterocycles. The van der Waals surface area contributed by atoms with E-state index in [1.54, 1.807) is 0 Å². The fourth-order valence-electron chi connectivity index (χ4n) is 1.75. The molecule has 0 fully saturated rings. The quantitative estimate of drug-likeness (QED) is 0.391. The van der Waals surface area contributed by atoms with E-state index in [0.29, 0.717) is 33.0 Å². The van der Waals surface area contributed by atoms with E-state index in [1.807, 2.05) is 14.0 Å². The predicted molar refractivity (Wildman–Crippen MR) is 79.8 cm³/mol. The highest BCUT2D eigenvalue weighted by molar-refractivity contribution is 5.72. The Bertz CT molecular complexity index is 224. The zero-order valence-corrected chi connectivity index (χ0v) is 13.3. The Labute approximate surface area is 123 Å². The van der Waals surface area contributed by atoms with Crippen LogP contribution >= 0.6 is 0 Å². The molecule has 0 spiro atoms. The first-order valence-corrected chi connectivity index (χ1v) is 7.72.